The first-order valence-corrected chi connectivity index (χ1v) is 5.62. The minimum Gasteiger partial charge on any atom is -0.398 e. The van der Waals surface area contributed by atoms with Crippen LogP contribution in [0.3, 0.4) is 0 Å². The molecule has 0 radical (unpaired) electrons. The fraction of sp³-hybridized carbons (Fsp3) is 0.500. The van der Waals surface area contributed by atoms with E-state index in [-0.39, 0.29) is 6.04 Å². The fourth-order valence-electron chi connectivity index (χ4n) is 2.17. The molecule has 1 saturated carbocycles. The summed E-state index contributed by atoms with van der Waals surface area (Å²) in [5.41, 5.74) is 10.8. The lowest BCUT2D eigenvalue weighted by atomic mass is 9.79. The van der Waals surface area contributed by atoms with E-state index < -0.39 is 0 Å². The van der Waals surface area contributed by atoms with Gasteiger partial charge in [-0.25, -0.2) is 0 Å². The summed E-state index contributed by atoms with van der Waals surface area (Å²) in [6.07, 6.45) is 5.15. The average molecular weight is 205 g/mol. The second-order valence-corrected chi connectivity index (χ2v) is 4.38. The summed E-state index contributed by atoms with van der Waals surface area (Å²) in [6.45, 7) is 0. The van der Waals surface area contributed by atoms with Crippen molar-refractivity contribution in [1.29, 1.82) is 0 Å². The Morgan fingerprint density at radius 1 is 1.33 bits per heavy atom. The Balaban J connectivity index is 2.07. The van der Waals surface area contributed by atoms with Crippen LogP contribution in [0.1, 0.15) is 37.3 Å². The Labute approximate surface area is 90.8 Å². The molecule has 2 rings (SSSR count). The molecule has 1 aliphatic carbocycles. The van der Waals surface area contributed by atoms with Crippen molar-refractivity contribution in [1.82, 2.24) is 5.43 Å². The lowest BCUT2D eigenvalue weighted by Crippen LogP contribution is -2.31. The van der Waals surface area contributed by atoms with Crippen molar-refractivity contribution in [3.05, 3.63) is 29.8 Å². The number of rotatable bonds is 4. The third kappa shape index (κ3) is 2.30. The number of hydrazine groups is 1. The number of nitrogens with two attached hydrogens (primary N) is 2. The zero-order valence-electron chi connectivity index (χ0n) is 8.95. The third-order valence-electron chi connectivity index (χ3n) is 3.37. The zero-order chi connectivity index (χ0) is 10.7. The smallest absolute Gasteiger partial charge is 0.0482 e. The van der Waals surface area contributed by atoms with Gasteiger partial charge >= 0.3 is 0 Å². The van der Waals surface area contributed by atoms with Gasteiger partial charge in [0.15, 0.2) is 0 Å². The van der Waals surface area contributed by atoms with Crippen molar-refractivity contribution in [2.45, 2.75) is 31.7 Å². The molecule has 3 heteroatoms. The van der Waals surface area contributed by atoms with Crippen molar-refractivity contribution in [2.24, 2.45) is 11.8 Å². The summed E-state index contributed by atoms with van der Waals surface area (Å²) in [5.74, 6) is 6.42. The molecule has 1 aliphatic rings. The zero-order valence-corrected chi connectivity index (χ0v) is 8.95. The number of hydrogen-bond donors (Lipinski definition) is 3. The van der Waals surface area contributed by atoms with Gasteiger partial charge in [-0.3, -0.25) is 11.3 Å². The number of benzene rings is 1. The molecular weight excluding hydrogens is 186 g/mol. The second kappa shape index (κ2) is 4.64. The van der Waals surface area contributed by atoms with Crippen LogP contribution in [0, 0.1) is 5.92 Å². The van der Waals surface area contributed by atoms with Crippen LogP contribution in [0.2, 0.25) is 0 Å². The van der Waals surface area contributed by atoms with E-state index in [0.29, 0.717) is 0 Å². The van der Waals surface area contributed by atoms with Gasteiger partial charge in [0.1, 0.15) is 0 Å². The van der Waals surface area contributed by atoms with Crippen LogP contribution < -0.4 is 17.0 Å². The fourth-order valence-corrected chi connectivity index (χ4v) is 2.17. The van der Waals surface area contributed by atoms with Gasteiger partial charge in [0.05, 0.1) is 0 Å². The SMILES string of the molecule is NNC(CC1CCC1)c1ccccc1N. The van der Waals surface area contributed by atoms with Gasteiger partial charge < -0.3 is 5.73 Å². The number of hydrogen-bond acceptors (Lipinski definition) is 3. The predicted octanol–water partition coefficient (Wildman–Crippen LogP) is 1.96. The summed E-state index contributed by atoms with van der Waals surface area (Å²) < 4.78 is 0. The number of nitrogens with one attached hydrogen (secondary N) is 1. The summed E-state index contributed by atoms with van der Waals surface area (Å²) in [6, 6.07) is 8.16. The number of para-hydroxylation sites is 1. The summed E-state index contributed by atoms with van der Waals surface area (Å²) in [4.78, 5) is 0. The van der Waals surface area contributed by atoms with E-state index in [2.05, 4.69) is 11.5 Å². The molecule has 0 bridgehead atoms. The minimum atomic E-state index is 0.205. The van der Waals surface area contributed by atoms with Gasteiger partial charge in [0.2, 0.25) is 0 Å². The Bertz CT molecular complexity index is 320. The van der Waals surface area contributed by atoms with Crippen molar-refractivity contribution in [3.8, 4) is 0 Å². The highest BCUT2D eigenvalue weighted by Gasteiger charge is 2.23. The van der Waals surface area contributed by atoms with Crippen molar-refractivity contribution >= 4 is 5.69 Å². The summed E-state index contributed by atoms with van der Waals surface area (Å²) >= 11 is 0. The average Bonchev–Trinajstić information content (AvgIpc) is 2.19. The van der Waals surface area contributed by atoms with E-state index in [4.69, 9.17) is 11.6 Å². The molecule has 1 aromatic rings. The highest BCUT2D eigenvalue weighted by Crippen LogP contribution is 2.35. The van der Waals surface area contributed by atoms with E-state index in [1.807, 2.05) is 18.2 Å². The lowest BCUT2D eigenvalue weighted by Gasteiger charge is -2.30. The first kappa shape index (κ1) is 10.5. The maximum absolute atomic E-state index is 5.94. The normalized spacial score (nSPS) is 18.5. The van der Waals surface area contributed by atoms with Crippen LogP contribution >= 0.6 is 0 Å². The van der Waals surface area contributed by atoms with Crippen molar-refractivity contribution in [3.63, 3.8) is 0 Å². The molecule has 0 saturated heterocycles. The quantitative estimate of drug-likeness (QED) is 0.400. The van der Waals surface area contributed by atoms with Gasteiger partial charge in [-0.1, -0.05) is 37.5 Å². The molecule has 5 N–H and O–H groups in total. The predicted molar refractivity (Wildman–Crippen MR) is 62.9 cm³/mol. The molecular formula is C12H19N3. The minimum absolute atomic E-state index is 0.205. The van der Waals surface area contributed by atoms with Gasteiger partial charge in [0, 0.05) is 11.7 Å². The molecule has 0 heterocycles. The molecule has 1 fully saturated rings. The van der Waals surface area contributed by atoms with Gasteiger partial charge in [-0.05, 0) is 24.0 Å². The standard InChI is InChI=1S/C12H19N3/c13-11-7-2-1-6-10(11)12(15-14)8-9-4-3-5-9/h1-2,6-7,9,12,15H,3-5,8,13-14H2. The first-order valence-electron chi connectivity index (χ1n) is 5.62. The number of nitrogen functional groups attached to an aromatic ring is 1. The second-order valence-electron chi connectivity index (χ2n) is 4.38. The topological polar surface area (TPSA) is 64.1 Å². The molecule has 0 spiro atoms. The van der Waals surface area contributed by atoms with Crippen LogP contribution in [-0.4, -0.2) is 0 Å². The summed E-state index contributed by atoms with van der Waals surface area (Å²) in [7, 11) is 0. The van der Waals surface area contributed by atoms with E-state index in [1.54, 1.807) is 0 Å². The van der Waals surface area contributed by atoms with Crippen LogP contribution in [0.4, 0.5) is 5.69 Å². The molecule has 1 atom stereocenters. The maximum Gasteiger partial charge on any atom is 0.0482 e. The number of anilines is 1. The molecule has 1 unspecified atom stereocenters. The van der Waals surface area contributed by atoms with E-state index in [9.17, 15) is 0 Å². The maximum atomic E-state index is 5.94. The van der Waals surface area contributed by atoms with E-state index >= 15 is 0 Å². The highest BCUT2D eigenvalue weighted by molar-refractivity contribution is 5.48. The Kier molecular flexibility index (Phi) is 3.23. The molecule has 1 aromatic carbocycles. The van der Waals surface area contributed by atoms with Crippen LogP contribution in [0.15, 0.2) is 24.3 Å². The molecule has 0 aliphatic heterocycles. The third-order valence-corrected chi connectivity index (χ3v) is 3.37. The lowest BCUT2D eigenvalue weighted by molar-refractivity contribution is 0.262. The Morgan fingerprint density at radius 3 is 2.60 bits per heavy atom. The van der Waals surface area contributed by atoms with Crippen LogP contribution in [0.5, 0.6) is 0 Å². The molecule has 15 heavy (non-hydrogen) atoms. The van der Waals surface area contributed by atoms with Gasteiger partial charge in [0.25, 0.3) is 0 Å². The molecule has 0 aromatic heterocycles. The monoisotopic (exact) mass is 205 g/mol. The van der Waals surface area contributed by atoms with Crippen molar-refractivity contribution in [2.75, 3.05) is 5.73 Å². The van der Waals surface area contributed by atoms with Crippen LogP contribution in [0.25, 0.3) is 0 Å². The Morgan fingerprint density at radius 2 is 2.07 bits per heavy atom. The molecule has 0 amide bonds. The van der Waals surface area contributed by atoms with E-state index in [1.165, 1.54) is 19.3 Å². The molecule has 82 valence electrons. The summed E-state index contributed by atoms with van der Waals surface area (Å²) in [5, 5.41) is 0. The van der Waals surface area contributed by atoms with E-state index in [0.717, 1.165) is 23.6 Å². The van der Waals surface area contributed by atoms with Gasteiger partial charge in [-0.15, -0.1) is 0 Å². The van der Waals surface area contributed by atoms with Crippen LogP contribution in [-0.2, 0) is 0 Å². The largest absolute Gasteiger partial charge is 0.398 e. The first-order chi connectivity index (χ1) is 7.31. The van der Waals surface area contributed by atoms with Crippen molar-refractivity contribution < 1.29 is 0 Å². The highest BCUT2D eigenvalue weighted by atomic mass is 15.2. The molecule has 3 nitrogen and oxygen atoms in total. The van der Waals surface area contributed by atoms with Gasteiger partial charge in [-0.2, -0.15) is 0 Å². The Hall–Kier alpha value is -1.06.